The standard InChI is InChI=1S/C13H14N4O/c1-10-7-8-14-12(16-10)9-15-13(18)17-11-5-3-2-4-6-11/h2-8H,9H2,1H3,(H2,15,17,18). The summed E-state index contributed by atoms with van der Waals surface area (Å²) in [5.74, 6) is 0.596. The molecule has 2 aromatic rings. The van der Waals surface area contributed by atoms with Crippen LogP contribution in [0.3, 0.4) is 0 Å². The first-order valence-corrected chi connectivity index (χ1v) is 5.62. The van der Waals surface area contributed by atoms with Gasteiger partial charge in [0.2, 0.25) is 0 Å². The Labute approximate surface area is 105 Å². The maximum Gasteiger partial charge on any atom is 0.319 e. The molecule has 0 aliphatic heterocycles. The van der Waals surface area contributed by atoms with Gasteiger partial charge in [0.1, 0.15) is 5.82 Å². The first kappa shape index (κ1) is 12.0. The second kappa shape index (κ2) is 5.77. The van der Waals surface area contributed by atoms with Crippen LogP contribution in [0.25, 0.3) is 0 Å². The van der Waals surface area contributed by atoms with E-state index in [1.165, 1.54) is 0 Å². The molecular weight excluding hydrogens is 228 g/mol. The number of rotatable bonds is 3. The summed E-state index contributed by atoms with van der Waals surface area (Å²) in [6.45, 7) is 2.19. The average Bonchev–Trinajstić information content (AvgIpc) is 2.38. The van der Waals surface area contributed by atoms with Crippen molar-refractivity contribution < 1.29 is 4.79 Å². The Balaban J connectivity index is 1.85. The quantitative estimate of drug-likeness (QED) is 0.866. The van der Waals surface area contributed by atoms with E-state index in [0.717, 1.165) is 11.4 Å². The number of para-hydroxylation sites is 1. The number of nitrogens with one attached hydrogen (secondary N) is 2. The number of amides is 2. The Morgan fingerprint density at radius 1 is 1.22 bits per heavy atom. The Kier molecular flexibility index (Phi) is 3.86. The summed E-state index contributed by atoms with van der Waals surface area (Å²) >= 11 is 0. The van der Waals surface area contributed by atoms with Crippen molar-refractivity contribution in [2.75, 3.05) is 5.32 Å². The van der Waals surface area contributed by atoms with Gasteiger partial charge in [0, 0.05) is 17.6 Å². The van der Waals surface area contributed by atoms with E-state index in [1.54, 1.807) is 6.20 Å². The number of urea groups is 1. The second-order valence-corrected chi connectivity index (χ2v) is 3.79. The van der Waals surface area contributed by atoms with Crippen molar-refractivity contribution in [1.29, 1.82) is 0 Å². The lowest BCUT2D eigenvalue weighted by Gasteiger charge is -2.06. The third-order valence-corrected chi connectivity index (χ3v) is 2.28. The molecule has 18 heavy (non-hydrogen) atoms. The first-order valence-electron chi connectivity index (χ1n) is 5.62. The third kappa shape index (κ3) is 3.55. The van der Waals surface area contributed by atoms with E-state index in [4.69, 9.17) is 0 Å². The van der Waals surface area contributed by atoms with Crippen LogP contribution in [0.4, 0.5) is 10.5 Å². The number of aromatic nitrogens is 2. The molecule has 1 aromatic carbocycles. The van der Waals surface area contributed by atoms with Crippen LogP contribution >= 0.6 is 0 Å². The lowest BCUT2D eigenvalue weighted by molar-refractivity contribution is 0.251. The van der Waals surface area contributed by atoms with Gasteiger partial charge in [-0.3, -0.25) is 0 Å². The molecule has 0 aliphatic carbocycles. The largest absolute Gasteiger partial charge is 0.331 e. The predicted octanol–water partition coefficient (Wildman–Crippen LogP) is 2.11. The van der Waals surface area contributed by atoms with Crippen LogP contribution in [-0.2, 0) is 6.54 Å². The van der Waals surface area contributed by atoms with Gasteiger partial charge in [-0.1, -0.05) is 18.2 Å². The Morgan fingerprint density at radius 3 is 2.72 bits per heavy atom. The molecule has 0 saturated heterocycles. The number of aryl methyl sites for hydroxylation is 1. The van der Waals surface area contributed by atoms with Crippen LogP contribution in [0.2, 0.25) is 0 Å². The molecule has 0 bridgehead atoms. The van der Waals surface area contributed by atoms with Gasteiger partial charge in [0.15, 0.2) is 0 Å². The van der Waals surface area contributed by atoms with Crippen molar-refractivity contribution in [2.24, 2.45) is 0 Å². The highest BCUT2D eigenvalue weighted by molar-refractivity contribution is 5.89. The molecule has 0 aliphatic rings. The highest BCUT2D eigenvalue weighted by Crippen LogP contribution is 2.04. The number of hydrogen-bond acceptors (Lipinski definition) is 3. The average molecular weight is 242 g/mol. The number of benzene rings is 1. The summed E-state index contributed by atoms with van der Waals surface area (Å²) in [5, 5.41) is 5.42. The van der Waals surface area contributed by atoms with Crippen LogP contribution in [0.1, 0.15) is 11.5 Å². The Bertz CT molecular complexity index is 528. The zero-order chi connectivity index (χ0) is 12.8. The summed E-state index contributed by atoms with van der Waals surface area (Å²) < 4.78 is 0. The Hall–Kier alpha value is -2.43. The number of hydrogen-bond donors (Lipinski definition) is 2. The predicted molar refractivity (Wildman–Crippen MR) is 69.1 cm³/mol. The third-order valence-electron chi connectivity index (χ3n) is 2.28. The van der Waals surface area contributed by atoms with Gasteiger partial charge in [-0.05, 0) is 25.1 Å². The maximum absolute atomic E-state index is 11.6. The summed E-state index contributed by atoms with van der Waals surface area (Å²) in [5.41, 5.74) is 1.63. The van der Waals surface area contributed by atoms with Crippen molar-refractivity contribution in [3.63, 3.8) is 0 Å². The van der Waals surface area contributed by atoms with Gasteiger partial charge in [0.05, 0.1) is 6.54 Å². The number of nitrogens with zero attached hydrogens (tertiary/aromatic N) is 2. The molecule has 92 valence electrons. The molecule has 0 fully saturated rings. The van der Waals surface area contributed by atoms with Crippen molar-refractivity contribution >= 4 is 11.7 Å². The molecular formula is C13H14N4O. The lowest BCUT2D eigenvalue weighted by Crippen LogP contribution is -2.28. The van der Waals surface area contributed by atoms with Gasteiger partial charge in [-0.2, -0.15) is 0 Å². The van der Waals surface area contributed by atoms with E-state index in [1.807, 2.05) is 43.3 Å². The van der Waals surface area contributed by atoms with Crippen molar-refractivity contribution in [2.45, 2.75) is 13.5 Å². The van der Waals surface area contributed by atoms with Gasteiger partial charge >= 0.3 is 6.03 Å². The van der Waals surface area contributed by atoms with Gasteiger partial charge in [0.25, 0.3) is 0 Å². The zero-order valence-corrected chi connectivity index (χ0v) is 10.1. The molecule has 5 nitrogen and oxygen atoms in total. The highest BCUT2D eigenvalue weighted by atomic mass is 16.2. The summed E-state index contributed by atoms with van der Waals surface area (Å²) in [6, 6.07) is 10.8. The minimum Gasteiger partial charge on any atom is -0.331 e. The minimum absolute atomic E-state index is 0.272. The van der Waals surface area contributed by atoms with Crippen molar-refractivity contribution in [1.82, 2.24) is 15.3 Å². The van der Waals surface area contributed by atoms with Crippen molar-refractivity contribution in [3.05, 3.63) is 54.1 Å². The molecule has 2 N–H and O–H groups in total. The highest BCUT2D eigenvalue weighted by Gasteiger charge is 2.02. The summed E-state index contributed by atoms with van der Waals surface area (Å²) in [4.78, 5) is 19.9. The van der Waals surface area contributed by atoms with Crippen LogP contribution in [0.5, 0.6) is 0 Å². The summed E-state index contributed by atoms with van der Waals surface area (Å²) in [7, 11) is 0. The van der Waals surface area contributed by atoms with E-state index >= 15 is 0 Å². The normalized spacial score (nSPS) is 9.83. The molecule has 0 unspecified atom stereocenters. The monoisotopic (exact) mass is 242 g/mol. The molecule has 0 saturated carbocycles. The summed E-state index contributed by atoms with van der Waals surface area (Å²) in [6.07, 6.45) is 1.68. The zero-order valence-electron chi connectivity index (χ0n) is 10.1. The van der Waals surface area contributed by atoms with E-state index < -0.39 is 0 Å². The number of carbonyl (C=O) groups excluding carboxylic acids is 1. The minimum atomic E-state index is -0.272. The second-order valence-electron chi connectivity index (χ2n) is 3.79. The SMILES string of the molecule is Cc1ccnc(CNC(=O)Nc2ccccc2)n1. The van der Waals surface area contributed by atoms with Crippen molar-refractivity contribution in [3.8, 4) is 0 Å². The Morgan fingerprint density at radius 2 is 2.00 bits per heavy atom. The van der Waals surface area contributed by atoms with Crippen LogP contribution in [0, 0.1) is 6.92 Å². The van der Waals surface area contributed by atoms with Gasteiger partial charge in [-0.15, -0.1) is 0 Å². The first-order chi connectivity index (χ1) is 8.74. The van der Waals surface area contributed by atoms with E-state index in [9.17, 15) is 4.79 Å². The fourth-order valence-corrected chi connectivity index (χ4v) is 1.44. The van der Waals surface area contributed by atoms with Crippen LogP contribution in [-0.4, -0.2) is 16.0 Å². The van der Waals surface area contributed by atoms with Crippen LogP contribution < -0.4 is 10.6 Å². The molecule has 2 rings (SSSR count). The van der Waals surface area contributed by atoms with E-state index in [-0.39, 0.29) is 6.03 Å². The molecule has 2 amide bonds. The topological polar surface area (TPSA) is 66.9 Å². The fourth-order valence-electron chi connectivity index (χ4n) is 1.44. The van der Waals surface area contributed by atoms with Gasteiger partial charge in [-0.25, -0.2) is 14.8 Å². The number of anilines is 1. The maximum atomic E-state index is 11.6. The fraction of sp³-hybridized carbons (Fsp3) is 0.154. The van der Waals surface area contributed by atoms with E-state index in [0.29, 0.717) is 12.4 Å². The molecule has 0 spiro atoms. The smallest absolute Gasteiger partial charge is 0.319 e. The van der Waals surface area contributed by atoms with Gasteiger partial charge < -0.3 is 10.6 Å². The molecule has 0 radical (unpaired) electrons. The van der Waals surface area contributed by atoms with Crippen LogP contribution in [0.15, 0.2) is 42.6 Å². The molecule has 0 atom stereocenters. The molecule has 1 aromatic heterocycles. The molecule has 1 heterocycles. The number of carbonyl (C=O) groups is 1. The van der Waals surface area contributed by atoms with E-state index in [2.05, 4.69) is 20.6 Å². The molecule has 5 heteroatoms. The lowest BCUT2D eigenvalue weighted by atomic mass is 10.3.